The van der Waals surface area contributed by atoms with Crippen LogP contribution >= 0.6 is 0 Å². The number of nitrogens with two attached hydrogens (primary N) is 1. The van der Waals surface area contributed by atoms with Gasteiger partial charge >= 0.3 is 0 Å². The molecule has 0 saturated heterocycles. The Bertz CT molecular complexity index is 275. The zero-order valence-electron chi connectivity index (χ0n) is 10.5. The van der Waals surface area contributed by atoms with E-state index in [-0.39, 0.29) is 16.7 Å². The van der Waals surface area contributed by atoms with Crippen molar-refractivity contribution < 1.29 is 9.53 Å². The van der Waals surface area contributed by atoms with E-state index in [1.807, 2.05) is 6.92 Å². The first-order valence-electron chi connectivity index (χ1n) is 5.63. The van der Waals surface area contributed by atoms with Crippen LogP contribution in [0.2, 0.25) is 0 Å². The summed E-state index contributed by atoms with van der Waals surface area (Å²) in [6.45, 7) is 11.7. The molecule has 0 heterocycles. The number of carbonyl (C=O) groups is 1. The summed E-state index contributed by atoms with van der Waals surface area (Å²) in [4.78, 5) is 11.5. The molecule has 2 unspecified atom stereocenters. The van der Waals surface area contributed by atoms with Gasteiger partial charge in [0.15, 0.2) is 0 Å². The molecule has 2 N–H and O–H groups in total. The van der Waals surface area contributed by atoms with Gasteiger partial charge in [-0.1, -0.05) is 27.7 Å². The van der Waals surface area contributed by atoms with E-state index in [0.29, 0.717) is 6.61 Å². The normalized spacial score (nSPS) is 37.7. The number of amides is 1. The van der Waals surface area contributed by atoms with E-state index in [0.717, 1.165) is 13.0 Å². The van der Waals surface area contributed by atoms with E-state index >= 15 is 0 Å². The quantitative estimate of drug-likeness (QED) is 0.710. The summed E-state index contributed by atoms with van der Waals surface area (Å²) < 4.78 is 5.58. The maximum Gasteiger partial charge on any atom is 0.224 e. The molecule has 0 radical (unpaired) electrons. The summed E-state index contributed by atoms with van der Waals surface area (Å²) in [7, 11) is 0. The minimum atomic E-state index is -0.437. The van der Waals surface area contributed by atoms with Crippen molar-refractivity contribution in [2.45, 2.75) is 41.0 Å². The minimum Gasteiger partial charge on any atom is -0.381 e. The Labute approximate surface area is 92.4 Å². The van der Waals surface area contributed by atoms with Gasteiger partial charge in [0.2, 0.25) is 5.91 Å². The van der Waals surface area contributed by atoms with Crippen molar-refractivity contribution in [1.29, 1.82) is 0 Å². The molecule has 0 bridgehead atoms. The highest BCUT2D eigenvalue weighted by atomic mass is 16.5. The van der Waals surface area contributed by atoms with E-state index in [1.54, 1.807) is 0 Å². The minimum absolute atomic E-state index is 0.0699. The topological polar surface area (TPSA) is 52.3 Å². The largest absolute Gasteiger partial charge is 0.381 e. The fourth-order valence-electron chi connectivity index (χ4n) is 2.77. The van der Waals surface area contributed by atoms with Gasteiger partial charge in [-0.3, -0.25) is 4.79 Å². The van der Waals surface area contributed by atoms with Gasteiger partial charge in [-0.05, 0) is 18.8 Å². The van der Waals surface area contributed by atoms with Crippen molar-refractivity contribution in [2.24, 2.45) is 22.0 Å². The van der Waals surface area contributed by atoms with E-state index in [4.69, 9.17) is 10.5 Å². The summed E-state index contributed by atoms with van der Waals surface area (Å²) >= 11 is 0. The summed E-state index contributed by atoms with van der Waals surface area (Å²) in [6.07, 6.45) is 1.00. The Morgan fingerprint density at radius 1 is 1.27 bits per heavy atom. The molecule has 0 aromatic carbocycles. The SMILES string of the molecule is CCCOCC1(C)C(C)(C)C1(C)C(N)=O. The smallest absolute Gasteiger partial charge is 0.224 e. The number of hydrogen-bond donors (Lipinski definition) is 1. The lowest BCUT2D eigenvalue weighted by Crippen LogP contribution is -2.29. The molecule has 3 heteroatoms. The lowest BCUT2D eigenvalue weighted by atomic mass is 9.96. The fraction of sp³-hybridized carbons (Fsp3) is 0.917. The predicted molar refractivity (Wildman–Crippen MR) is 60.3 cm³/mol. The summed E-state index contributed by atoms with van der Waals surface area (Å²) in [5.41, 5.74) is 4.86. The van der Waals surface area contributed by atoms with Crippen LogP contribution in [0.25, 0.3) is 0 Å². The van der Waals surface area contributed by atoms with Crippen LogP contribution in [0.3, 0.4) is 0 Å². The Balaban J connectivity index is 2.75. The highest BCUT2D eigenvalue weighted by Crippen LogP contribution is 2.77. The van der Waals surface area contributed by atoms with Gasteiger partial charge < -0.3 is 10.5 Å². The zero-order valence-corrected chi connectivity index (χ0v) is 10.5. The molecule has 1 rings (SSSR count). The molecule has 0 aromatic rings. The average Bonchev–Trinajstić information content (AvgIpc) is 2.48. The molecular weight excluding hydrogens is 190 g/mol. The van der Waals surface area contributed by atoms with Crippen LogP contribution in [0.1, 0.15) is 41.0 Å². The molecule has 3 nitrogen and oxygen atoms in total. The number of carbonyl (C=O) groups excluding carboxylic acids is 1. The zero-order chi connectivity index (χ0) is 11.9. The first-order chi connectivity index (χ1) is 6.75. The van der Waals surface area contributed by atoms with Crippen LogP contribution in [0.4, 0.5) is 0 Å². The third-order valence-electron chi connectivity index (χ3n) is 4.90. The molecule has 1 aliphatic rings. The second-order valence-corrected chi connectivity index (χ2v) is 5.50. The van der Waals surface area contributed by atoms with Crippen molar-refractivity contribution in [3.8, 4) is 0 Å². The monoisotopic (exact) mass is 213 g/mol. The number of hydrogen-bond acceptors (Lipinski definition) is 2. The average molecular weight is 213 g/mol. The molecule has 88 valence electrons. The van der Waals surface area contributed by atoms with Crippen molar-refractivity contribution in [1.82, 2.24) is 0 Å². The number of rotatable bonds is 5. The molecule has 2 atom stereocenters. The second-order valence-electron chi connectivity index (χ2n) is 5.50. The Morgan fingerprint density at radius 3 is 2.13 bits per heavy atom. The van der Waals surface area contributed by atoms with Gasteiger partial charge in [-0.2, -0.15) is 0 Å². The molecular formula is C12H23NO2. The van der Waals surface area contributed by atoms with Crippen LogP contribution in [-0.4, -0.2) is 19.1 Å². The Hall–Kier alpha value is -0.570. The van der Waals surface area contributed by atoms with Gasteiger partial charge in [-0.25, -0.2) is 0 Å². The van der Waals surface area contributed by atoms with E-state index in [2.05, 4.69) is 27.7 Å². The molecule has 0 aromatic heterocycles. The number of ether oxygens (including phenoxy) is 1. The first kappa shape index (κ1) is 12.5. The lowest BCUT2D eigenvalue weighted by molar-refractivity contribution is -0.124. The van der Waals surface area contributed by atoms with E-state index in [9.17, 15) is 4.79 Å². The van der Waals surface area contributed by atoms with Crippen molar-refractivity contribution in [2.75, 3.05) is 13.2 Å². The molecule has 0 spiro atoms. The highest BCUT2D eigenvalue weighted by molar-refractivity contribution is 5.87. The highest BCUT2D eigenvalue weighted by Gasteiger charge is 2.80. The second kappa shape index (κ2) is 3.48. The molecule has 15 heavy (non-hydrogen) atoms. The van der Waals surface area contributed by atoms with Gasteiger partial charge in [-0.15, -0.1) is 0 Å². The van der Waals surface area contributed by atoms with E-state index < -0.39 is 5.41 Å². The van der Waals surface area contributed by atoms with E-state index in [1.165, 1.54) is 0 Å². The number of primary amides is 1. The third-order valence-corrected chi connectivity index (χ3v) is 4.90. The van der Waals surface area contributed by atoms with Gasteiger partial charge in [0.05, 0.1) is 12.0 Å². The third kappa shape index (κ3) is 1.32. The van der Waals surface area contributed by atoms with Crippen LogP contribution < -0.4 is 5.73 Å². The first-order valence-corrected chi connectivity index (χ1v) is 5.63. The summed E-state index contributed by atoms with van der Waals surface area (Å²) in [6, 6.07) is 0. The molecule has 0 aliphatic heterocycles. The van der Waals surface area contributed by atoms with Crippen molar-refractivity contribution >= 4 is 5.91 Å². The lowest BCUT2D eigenvalue weighted by Gasteiger charge is -2.15. The Morgan fingerprint density at radius 2 is 1.80 bits per heavy atom. The molecule has 1 saturated carbocycles. The van der Waals surface area contributed by atoms with Gasteiger partial charge in [0, 0.05) is 12.0 Å². The van der Waals surface area contributed by atoms with Crippen LogP contribution in [0, 0.1) is 16.2 Å². The molecule has 1 amide bonds. The standard InChI is InChI=1S/C12H23NO2/c1-6-7-15-8-11(4)10(2,3)12(11,5)9(13)14/h6-8H2,1-5H3,(H2,13,14). The fourth-order valence-corrected chi connectivity index (χ4v) is 2.77. The summed E-state index contributed by atoms with van der Waals surface area (Å²) in [5.74, 6) is -0.213. The van der Waals surface area contributed by atoms with Crippen molar-refractivity contribution in [3.05, 3.63) is 0 Å². The molecule has 1 fully saturated rings. The van der Waals surface area contributed by atoms with Gasteiger partial charge in [0.1, 0.15) is 0 Å². The molecule has 1 aliphatic carbocycles. The van der Waals surface area contributed by atoms with Crippen LogP contribution in [0.15, 0.2) is 0 Å². The van der Waals surface area contributed by atoms with Crippen molar-refractivity contribution in [3.63, 3.8) is 0 Å². The Kier molecular flexibility index (Phi) is 2.90. The summed E-state index contributed by atoms with van der Waals surface area (Å²) in [5, 5.41) is 0. The van der Waals surface area contributed by atoms with Gasteiger partial charge in [0.25, 0.3) is 0 Å². The maximum absolute atomic E-state index is 11.5. The van der Waals surface area contributed by atoms with Crippen LogP contribution in [-0.2, 0) is 9.53 Å². The predicted octanol–water partition coefficient (Wildman–Crippen LogP) is 1.95. The maximum atomic E-state index is 11.5. The van der Waals surface area contributed by atoms with Crippen LogP contribution in [0.5, 0.6) is 0 Å².